The van der Waals surface area contributed by atoms with Crippen LogP contribution in [0.3, 0.4) is 0 Å². The standard InChI is InChI=1S/C13H15Cl2F3N2O.ClH/c14-8-5-9(15)12(11(21)6-8)10(7-13(16,17)18)20-3-1-19-2-4-20;/h5-6,10,19,21H,1-4,7H2;1H/t10-;/m0./s1. The molecule has 1 heterocycles. The summed E-state index contributed by atoms with van der Waals surface area (Å²) < 4.78 is 38.7. The molecule has 0 unspecified atom stereocenters. The third-order valence-corrected chi connectivity index (χ3v) is 3.95. The summed E-state index contributed by atoms with van der Waals surface area (Å²) in [5.41, 5.74) is 0.0836. The molecule has 0 bridgehead atoms. The maximum absolute atomic E-state index is 12.9. The molecular weight excluding hydrogens is 364 g/mol. The third kappa shape index (κ3) is 5.06. The van der Waals surface area contributed by atoms with Crippen LogP contribution in [0.5, 0.6) is 5.75 Å². The van der Waals surface area contributed by atoms with E-state index in [1.54, 1.807) is 4.90 Å². The number of nitrogens with one attached hydrogen (secondary N) is 1. The number of rotatable bonds is 3. The van der Waals surface area contributed by atoms with Crippen molar-refractivity contribution in [2.45, 2.75) is 18.6 Å². The second-order valence-corrected chi connectivity index (χ2v) is 5.79. The molecule has 1 aromatic rings. The molecule has 0 amide bonds. The lowest BCUT2D eigenvalue weighted by Crippen LogP contribution is -2.46. The van der Waals surface area contributed by atoms with Crippen molar-refractivity contribution in [3.63, 3.8) is 0 Å². The predicted octanol–water partition coefficient (Wildman–Crippen LogP) is 4.02. The Labute approximate surface area is 142 Å². The zero-order valence-electron chi connectivity index (χ0n) is 11.5. The molecule has 2 rings (SSSR count). The number of hydrogen-bond donors (Lipinski definition) is 2. The second-order valence-electron chi connectivity index (χ2n) is 4.94. The van der Waals surface area contributed by atoms with E-state index in [-0.39, 0.29) is 33.8 Å². The molecule has 1 atom stereocenters. The monoisotopic (exact) mass is 378 g/mol. The maximum atomic E-state index is 12.9. The summed E-state index contributed by atoms with van der Waals surface area (Å²) in [6.07, 6.45) is -5.42. The lowest BCUT2D eigenvalue weighted by molar-refractivity contribution is -0.148. The van der Waals surface area contributed by atoms with E-state index in [4.69, 9.17) is 23.2 Å². The summed E-state index contributed by atoms with van der Waals surface area (Å²) in [5, 5.41) is 13.3. The van der Waals surface area contributed by atoms with Gasteiger partial charge < -0.3 is 10.4 Å². The van der Waals surface area contributed by atoms with Crippen molar-refractivity contribution >= 4 is 35.6 Å². The highest BCUT2D eigenvalue weighted by molar-refractivity contribution is 6.35. The van der Waals surface area contributed by atoms with Crippen molar-refractivity contribution in [2.75, 3.05) is 26.2 Å². The number of hydrogen-bond acceptors (Lipinski definition) is 3. The lowest BCUT2D eigenvalue weighted by Gasteiger charge is -2.36. The topological polar surface area (TPSA) is 35.5 Å². The molecule has 0 aliphatic carbocycles. The highest BCUT2D eigenvalue weighted by Crippen LogP contribution is 2.42. The van der Waals surface area contributed by atoms with Gasteiger partial charge in [0.15, 0.2) is 0 Å². The molecule has 1 aliphatic heterocycles. The van der Waals surface area contributed by atoms with Crippen LogP contribution < -0.4 is 5.32 Å². The fraction of sp³-hybridized carbons (Fsp3) is 0.538. The highest BCUT2D eigenvalue weighted by atomic mass is 35.5. The summed E-state index contributed by atoms with van der Waals surface area (Å²) in [4.78, 5) is 1.68. The van der Waals surface area contributed by atoms with Crippen LogP contribution in [0.1, 0.15) is 18.0 Å². The summed E-state index contributed by atoms with van der Waals surface area (Å²) in [6.45, 7) is 2.11. The molecule has 0 spiro atoms. The minimum absolute atomic E-state index is 0. The molecule has 126 valence electrons. The second kappa shape index (κ2) is 7.93. The average Bonchev–Trinajstić information content (AvgIpc) is 2.36. The van der Waals surface area contributed by atoms with Gasteiger partial charge in [0.25, 0.3) is 0 Å². The highest BCUT2D eigenvalue weighted by Gasteiger charge is 2.38. The van der Waals surface area contributed by atoms with Gasteiger partial charge in [0.2, 0.25) is 0 Å². The number of phenolic OH excluding ortho intramolecular Hbond substituents is 1. The smallest absolute Gasteiger partial charge is 0.390 e. The Hall–Kier alpha value is -0.400. The van der Waals surface area contributed by atoms with Crippen LogP contribution in [0.4, 0.5) is 13.2 Å². The lowest BCUT2D eigenvalue weighted by atomic mass is 9.99. The average molecular weight is 380 g/mol. The number of nitrogens with zero attached hydrogens (tertiary/aromatic N) is 1. The van der Waals surface area contributed by atoms with Crippen molar-refractivity contribution in [3.05, 3.63) is 27.7 Å². The number of alkyl halides is 3. The first-order valence-electron chi connectivity index (χ1n) is 6.47. The van der Waals surface area contributed by atoms with E-state index < -0.39 is 18.6 Å². The zero-order chi connectivity index (χ0) is 15.6. The van der Waals surface area contributed by atoms with Gasteiger partial charge in [-0.3, -0.25) is 4.90 Å². The molecule has 1 fully saturated rings. The Morgan fingerprint density at radius 1 is 1.23 bits per heavy atom. The first-order valence-corrected chi connectivity index (χ1v) is 7.23. The van der Waals surface area contributed by atoms with Crippen LogP contribution in [-0.4, -0.2) is 42.4 Å². The van der Waals surface area contributed by atoms with E-state index in [0.717, 1.165) is 0 Å². The first-order chi connectivity index (χ1) is 9.78. The molecule has 0 saturated carbocycles. The van der Waals surface area contributed by atoms with Crippen LogP contribution in [-0.2, 0) is 0 Å². The van der Waals surface area contributed by atoms with Gasteiger partial charge in [0.05, 0.1) is 11.4 Å². The van der Waals surface area contributed by atoms with Crippen LogP contribution in [0.15, 0.2) is 12.1 Å². The number of halogens is 6. The van der Waals surface area contributed by atoms with Crippen molar-refractivity contribution in [2.24, 2.45) is 0 Å². The molecule has 1 aromatic carbocycles. The number of aromatic hydroxyl groups is 1. The Kier molecular flexibility index (Phi) is 7.08. The van der Waals surface area contributed by atoms with E-state index in [1.165, 1.54) is 12.1 Å². The molecule has 3 nitrogen and oxygen atoms in total. The van der Waals surface area contributed by atoms with E-state index in [2.05, 4.69) is 5.32 Å². The molecule has 9 heteroatoms. The van der Waals surface area contributed by atoms with E-state index >= 15 is 0 Å². The number of piperazine rings is 1. The number of phenols is 1. The predicted molar refractivity (Wildman–Crippen MR) is 83.2 cm³/mol. The van der Waals surface area contributed by atoms with Crippen molar-refractivity contribution in [1.29, 1.82) is 0 Å². The first kappa shape index (κ1) is 19.6. The minimum Gasteiger partial charge on any atom is -0.508 e. The Bertz CT molecular complexity index is 485. The van der Waals surface area contributed by atoms with Crippen molar-refractivity contribution < 1.29 is 18.3 Å². The molecule has 22 heavy (non-hydrogen) atoms. The van der Waals surface area contributed by atoms with Crippen LogP contribution in [0, 0.1) is 0 Å². The quantitative estimate of drug-likeness (QED) is 0.833. The van der Waals surface area contributed by atoms with Crippen LogP contribution in [0.2, 0.25) is 10.0 Å². The number of benzene rings is 1. The van der Waals surface area contributed by atoms with Crippen molar-refractivity contribution in [3.8, 4) is 5.75 Å². The third-order valence-electron chi connectivity index (χ3n) is 3.42. The summed E-state index contributed by atoms with van der Waals surface area (Å²) in [6, 6.07) is 1.55. The normalized spacial score (nSPS) is 17.9. The summed E-state index contributed by atoms with van der Waals surface area (Å²) >= 11 is 11.8. The Balaban J connectivity index is 0.00000242. The molecule has 1 aliphatic rings. The molecular formula is C13H16Cl3F3N2O. The van der Waals surface area contributed by atoms with E-state index in [9.17, 15) is 18.3 Å². The van der Waals surface area contributed by atoms with Crippen LogP contribution in [0.25, 0.3) is 0 Å². The van der Waals surface area contributed by atoms with E-state index in [0.29, 0.717) is 26.2 Å². The fourth-order valence-corrected chi connectivity index (χ4v) is 3.14. The fourth-order valence-electron chi connectivity index (χ4n) is 2.53. The maximum Gasteiger partial charge on any atom is 0.390 e. The summed E-state index contributed by atoms with van der Waals surface area (Å²) in [5.74, 6) is -0.305. The minimum atomic E-state index is -4.36. The Morgan fingerprint density at radius 3 is 2.32 bits per heavy atom. The van der Waals surface area contributed by atoms with Gasteiger partial charge in [0, 0.05) is 42.8 Å². The largest absolute Gasteiger partial charge is 0.508 e. The van der Waals surface area contributed by atoms with Gasteiger partial charge in [-0.15, -0.1) is 12.4 Å². The molecule has 0 aromatic heterocycles. The molecule has 0 radical (unpaired) electrons. The Morgan fingerprint density at radius 2 is 1.82 bits per heavy atom. The van der Waals surface area contributed by atoms with Crippen molar-refractivity contribution in [1.82, 2.24) is 10.2 Å². The molecule has 2 N–H and O–H groups in total. The zero-order valence-corrected chi connectivity index (χ0v) is 13.8. The summed E-state index contributed by atoms with van der Waals surface area (Å²) in [7, 11) is 0. The van der Waals surface area contributed by atoms with Gasteiger partial charge in [-0.25, -0.2) is 0 Å². The SMILES string of the molecule is Cl.Oc1cc(Cl)cc(Cl)c1[C@H](CC(F)(F)F)N1CCNCC1. The van der Waals surface area contributed by atoms with Crippen LogP contribution >= 0.6 is 35.6 Å². The van der Waals surface area contributed by atoms with Gasteiger partial charge in [-0.05, 0) is 12.1 Å². The van der Waals surface area contributed by atoms with Gasteiger partial charge in [-0.2, -0.15) is 13.2 Å². The van der Waals surface area contributed by atoms with Gasteiger partial charge in [-0.1, -0.05) is 23.2 Å². The van der Waals surface area contributed by atoms with E-state index in [1.807, 2.05) is 0 Å². The molecule has 1 saturated heterocycles. The van der Waals surface area contributed by atoms with Gasteiger partial charge >= 0.3 is 6.18 Å². The van der Waals surface area contributed by atoms with Gasteiger partial charge in [0.1, 0.15) is 5.75 Å².